The number of aromatic nitrogens is 1. The van der Waals surface area contributed by atoms with Crippen LogP contribution in [0.4, 0.5) is 0 Å². The summed E-state index contributed by atoms with van der Waals surface area (Å²) in [4.78, 5) is 27.8. The molecule has 5 heteroatoms. The molecule has 0 atom stereocenters. The molecule has 0 N–H and O–H groups in total. The molecule has 4 nitrogen and oxygen atoms in total. The molecule has 0 aliphatic rings. The minimum absolute atomic E-state index is 0.0521. The molecule has 3 rings (SSSR count). The molecule has 2 aromatic carbocycles. The zero-order chi connectivity index (χ0) is 16.9. The molecule has 0 saturated heterocycles. The minimum Gasteiger partial charge on any atom is -0.427 e. The maximum absolute atomic E-state index is 11.9. The number of rotatable bonds is 6. The molecule has 0 saturated carbocycles. The largest absolute Gasteiger partial charge is 0.427 e. The van der Waals surface area contributed by atoms with Gasteiger partial charge in [-0.3, -0.25) is 9.59 Å². The molecule has 122 valence electrons. The van der Waals surface area contributed by atoms with E-state index in [1.807, 2.05) is 24.3 Å². The number of para-hydroxylation sites is 1. The predicted octanol–water partition coefficient (Wildman–Crippen LogP) is 4.43. The zero-order valence-electron chi connectivity index (χ0n) is 13.3. The van der Waals surface area contributed by atoms with Gasteiger partial charge in [0.05, 0.1) is 15.2 Å². The van der Waals surface area contributed by atoms with Crippen LogP contribution in [0.1, 0.15) is 35.1 Å². The smallest absolute Gasteiger partial charge is 0.311 e. The third-order valence-electron chi connectivity index (χ3n) is 3.58. The van der Waals surface area contributed by atoms with E-state index in [-0.39, 0.29) is 11.8 Å². The van der Waals surface area contributed by atoms with Crippen molar-refractivity contribution in [3.63, 3.8) is 0 Å². The molecular formula is C19H17NO3S. The van der Waals surface area contributed by atoms with E-state index in [0.29, 0.717) is 24.2 Å². The molecule has 0 bridgehead atoms. The third-order valence-corrected chi connectivity index (χ3v) is 4.68. The topological polar surface area (TPSA) is 56.3 Å². The number of ketones is 1. The van der Waals surface area contributed by atoms with Gasteiger partial charge in [-0.25, -0.2) is 4.98 Å². The fraction of sp³-hybridized carbons (Fsp3) is 0.211. The van der Waals surface area contributed by atoms with Gasteiger partial charge >= 0.3 is 5.97 Å². The lowest BCUT2D eigenvalue weighted by molar-refractivity contribution is -0.134. The highest BCUT2D eigenvalue weighted by atomic mass is 32.1. The summed E-state index contributed by atoms with van der Waals surface area (Å²) in [6, 6.07) is 14.7. The molecule has 1 heterocycles. The van der Waals surface area contributed by atoms with Crippen molar-refractivity contribution in [1.29, 1.82) is 0 Å². The number of fused-ring (bicyclic) bond motifs is 1. The SMILES string of the molecule is CC(=O)c1cccc(OC(=O)CCCc2nc3ccccc3s2)c1. The van der Waals surface area contributed by atoms with E-state index in [1.54, 1.807) is 35.6 Å². The Balaban J connectivity index is 1.52. The molecule has 0 amide bonds. The molecule has 1 aromatic heterocycles. The Morgan fingerprint density at radius 1 is 1.12 bits per heavy atom. The number of ether oxygens (including phenoxy) is 1. The van der Waals surface area contributed by atoms with Crippen molar-refractivity contribution in [3.05, 3.63) is 59.1 Å². The van der Waals surface area contributed by atoms with Gasteiger partial charge in [-0.1, -0.05) is 24.3 Å². The Hall–Kier alpha value is -2.53. The number of carbonyl (C=O) groups excluding carboxylic acids is 2. The van der Waals surface area contributed by atoms with Crippen LogP contribution in [-0.4, -0.2) is 16.7 Å². The Bertz CT molecular complexity index is 852. The second-order valence-corrected chi connectivity index (χ2v) is 6.60. The number of esters is 1. The molecule has 3 aromatic rings. The van der Waals surface area contributed by atoms with Gasteiger partial charge < -0.3 is 4.74 Å². The van der Waals surface area contributed by atoms with Crippen molar-refractivity contribution in [3.8, 4) is 5.75 Å². The van der Waals surface area contributed by atoms with Gasteiger partial charge in [0.2, 0.25) is 0 Å². The average Bonchev–Trinajstić information content (AvgIpc) is 2.97. The van der Waals surface area contributed by atoms with E-state index in [1.165, 1.54) is 6.92 Å². The van der Waals surface area contributed by atoms with Crippen molar-refractivity contribution >= 4 is 33.3 Å². The highest BCUT2D eigenvalue weighted by molar-refractivity contribution is 7.18. The highest BCUT2D eigenvalue weighted by Crippen LogP contribution is 2.23. The van der Waals surface area contributed by atoms with E-state index in [4.69, 9.17) is 4.74 Å². The van der Waals surface area contributed by atoms with Crippen LogP contribution in [0, 0.1) is 0 Å². The number of hydrogen-bond acceptors (Lipinski definition) is 5. The highest BCUT2D eigenvalue weighted by Gasteiger charge is 2.09. The first-order chi connectivity index (χ1) is 11.6. The summed E-state index contributed by atoms with van der Waals surface area (Å²) in [7, 11) is 0. The van der Waals surface area contributed by atoms with E-state index >= 15 is 0 Å². The molecule has 0 aliphatic heterocycles. The van der Waals surface area contributed by atoms with Crippen molar-refractivity contribution in [2.75, 3.05) is 0 Å². The minimum atomic E-state index is -0.295. The quantitative estimate of drug-likeness (QED) is 0.379. The Kier molecular flexibility index (Phi) is 5.01. The van der Waals surface area contributed by atoms with Gasteiger partial charge in [-0.05, 0) is 44.0 Å². The summed E-state index contributed by atoms with van der Waals surface area (Å²) in [6.07, 6.45) is 1.76. The molecule has 0 radical (unpaired) electrons. The molecular weight excluding hydrogens is 322 g/mol. The van der Waals surface area contributed by atoms with Gasteiger partial charge in [-0.2, -0.15) is 0 Å². The average molecular weight is 339 g/mol. The fourth-order valence-electron chi connectivity index (χ4n) is 2.37. The molecule has 0 fully saturated rings. The third kappa shape index (κ3) is 4.06. The summed E-state index contributed by atoms with van der Waals surface area (Å²) in [5.74, 6) is 0.0632. The number of benzene rings is 2. The van der Waals surface area contributed by atoms with Gasteiger partial charge in [0, 0.05) is 12.0 Å². The Morgan fingerprint density at radius 3 is 2.75 bits per heavy atom. The van der Waals surface area contributed by atoms with Crippen LogP contribution in [-0.2, 0) is 11.2 Å². The van der Waals surface area contributed by atoms with E-state index in [9.17, 15) is 9.59 Å². The van der Waals surface area contributed by atoms with E-state index < -0.39 is 0 Å². The second kappa shape index (κ2) is 7.36. The second-order valence-electron chi connectivity index (χ2n) is 5.49. The van der Waals surface area contributed by atoms with Crippen LogP contribution in [0.25, 0.3) is 10.2 Å². The zero-order valence-corrected chi connectivity index (χ0v) is 14.1. The van der Waals surface area contributed by atoms with Crippen LogP contribution >= 0.6 is 11.3 Å². The monoisotopic (exact) mass is 339 g/mol. The van der Waals surface area contributed by atoms with Gasteiger partial charge in [-0.15, -0.1) is 11.3 Å². The maximum Gasteiger partial charge on any atom is 0.311 e. The lowest BCUT2D eigenvalue weighted by atomic mass is 10.1. The van der Waals surface area contributed by atoms with Crippen LogP contribution in [0.5, 0.6) is 5.75 Å². The van der Waals surface area contributed by atoms with Gasteiger partial charge in [0.1, 0.15) is 5.75 Å². The molecule has 24 heavy (non-hydrogen) atoms. The van der Waals surface area contributed by atoms with Crippen molar-refractivity contribution in [2.45, 2.75) is 26.2 Å². The normalized spacial score (nSPS) is 10.7. The molecule has 0 unspecified atom stereocenters. The number of aryl methyl sites for hydroxylation is 1. The van der Waals surface area contributed by atoms with Crippen LogP contribution < -0.4 is 4.74 Å². The first kappa shape index (κ1) is 16.3. The summed E-state index contributed by atoms with van der Waals surface area (Å²) in [5.41, 5.74) is 1.54. The number of thiazole rings is 1. The first-order valence-corrected chi connectivity index (χ1v) is 8.59. The van der Waals surface area contributed by atoms with Crippen molar-refractivity contribution in [2.24, 2.45) is 0 Å². The first-order valence-electron chi connectivity index (χ1n) is 7.78. The summed E-state index contributed by atoms with van der Waals surface area (Å²) in [5, 5.41) is 1.03. The Morgan fingerprint density at radius 2 is 1.96 bits per heavy atom. The van der Waals surface area contributed by atoms with E-state index in [2.05, 4.69) is 4.98 Å². The number of carbonyl (C=O) groups is 2. The lowest BCUT2D eigenvalue weighted by Gasteiger charge is -2.05. The Labute approximate surface area is 144 Å². The summed E-state index contributed by atoms with van der Waals surface area (Å²) < 4.78 is 6.46. The van der Waals surface area contributed by atoms with Crippen LogP contribution in [0.15, 0.2) is 48.5 Å². The molecule has 0 spiro atoms. The van der Waals surface area contributed by atoms with Gasteiger partial charge in [0.25, 0.3) is 0 Å². The fourth-order valence-corrected chi connectivity index (χ4v) is 3.38. The van der Waals surface area contributed by atoms with Crippen molar-refractivity contribution in [1.82, 2.24) is 4.98 Å². The van der Waals surface area contributed by atoms with Gasteiger partial charge in [0.15, 0.2) is 5.78 Å². The number of hydrogen-bond donors (Lipinski definition) is 0. The van der Waals surface area contributed by atoms with Crippen LogP contribution in [0.3, 0.4) is 0 Å². The summed E-state index contributed by atoms with van der Waals surface area (Å²) in [6.45, 7) is 1.49. The van der Waals surface area contributed by atoms with E-state index in [0.717, 1.165) is 21.6 Å². The lowest BCUT2D eigenvalue weighted by Crippen LogP contribution is -2.08. The molecule has 0 aliphatic carbocycles. The number of Topliss-reactive ketones (excluding diaryl/α,β-unsaturated/α-hetero) is 1. The van der Waals surface area contributed by atoms with Crippen molar-refractivity contribution < 1.29 is 14.3 Å². The van der Waals surface area contributed by atoms with Crippen LogP contribution in [0.2, 0.25) is 0 Å². The number of nitrogens with zero attached hydrogens (tertiary/aromatic N) is 1. The standard InChI is InChI=1S/C19H17NO3S/c1-13(21)14-6-4-7-15(12-14)23-19(22)11-5-10-18-20-16-8-2-3-9-17(16)24-18/h2-4,6-9,12H,5,10-11H2,1H3. The maximum atomic E-state index is 11.9. The summed E-state index contributed by atoms with van der Waals surface area (Å²) >= 11 is 1.66. The predicted molar refractivity (Wildman–Crippen MR) is 94.6 cm³/mol.